The largest absolute Gasteiger partial charge is 0.278 e. The van der Waals surface area contributed by atoms with Crippen LogP contribution >= 0.6 is 11.6 Å². The SMILES string of the molecule is [2H]c1c(Cl)ccc2[nH]ncc12. The Labute approximate surface area is 64.2 Å². The molecule has 1 heterocycles. The van der Waals surface area contributed by atoms with Crippen LogP contribution in [-0.4, -0.2) is 10.2 Å². The van der Waals surface area contributed by atoms with Crippen LogP contribution in [0.25, 0.3) is 10.9 Å². The number of aromatic amines is 1. The van der Waals surface area contributed by atoms with Crippen molar-refractivity contribution >= 4 is 22.5 Å². The first-order valence-electron chi connectivity index (χ1n) is 3.37. The van der Waals surface area contributed by atoms with Crippen LogP contribution in [-0.2, 0) is 0 Å². The van der Waals surface area contributed by atoms with E-state index >= 15 is 0 Å². The Morgan fingerprint density at radius 1 is 1.60 bits per heavy atom. The quantitative estimate of drug-likeness (QED) is 0.618. The molecule has 2 nitrogen and oxygen atoms in total. The summed E-state index contributed by atoms with van der Waals surface area (Å²) >= 11 is 5.72. The zero-order valence-corrected chi connectivity index (χ0v) is 5.81. The number of nitrogens with zero attached hydrogens (tertiary/aromatic N) is 1. The third kappa shape index (κ3) is 0.772. The van der Waals surface area contributed by atoms with Gasteiger partial charge in [0, 0.05) is 10.4 Å². The summed E-state index contributed by atoms with van der Waals surface area (Å²) in [6.07, 6.45) is 1.60. The van der Waals surface area contributed by atoms with Crippen molar-refractivity contribution in [3.05, 3.63) is 29.4 Å². The number of hydrogen-bond acceptors (Lipinski definition) is 1. The minimum absolute atomic E-state index is 0.331. The van der Waals surface area contributed by atoms with Gasteiger partial charge < -0.3 is 0 Å². The molecular weight excluding hydrogens is 148 g/mol. The van der Waals surface area contributed by atoms with E-state index in [-0.39, 0.29) is 0 Å². The minimum atomic E-state index is 0.331. The van der Waals surface area contributed by atoms with Crippen molar-refractivity contribution in [3.63, 3.8) is 0 Å². The Morgan fingerprint density at radius 2 is 2.50 bits per heavy atom. The monoisotopic (exact) mass is 153 g/mol. The summed E-state index contributed by atoms with van der Waals surface area (Å²) in [6, 6.07) is 3.82. The second-order valence-electron chi connectivity index (χ2n) is 2.00. The van der Waals surface area contributed by atoms with Gasteiger partial charge in [0.25, 0.3) is 0 Å². The molecule has 0 spiro atoms. The normalized spacial score (nSPS) is 11.9. The average molecular weight is 154 g/mol. The Kier molecular flexibility index (Phi) is 0.944. The smallest absolute Gasteiger partial charge is 0.0651 e. The lowest BCUT2D eigenvalue weighted by atomic mass is 10.3. The summed E-state index contributed by atoms with van der Waals surface area (Å²) in [5, 5.41) is 7.78. The van der Waals surface area contributed by atoms with Crippen LogP contribution < -0.4 is 0 Å². The van der Waals surface area contributed by atoms with E-state index < -0.39 is 0 Å². The predicted molar refractivity (Wildman–Crippen MR) is 41.1 cm³/mol. The number of H-pyrrole nitrogens is 1. The average Bonchev–Trinajstić information content (AvgIpc) is 2.45. The van der Waals surface area contributed by atoms with Crippen LogP contribution in [0, 0.1) is 0 Å². The van der Waals surface area contributed by atoms with E-state index in [1.165, 1.54) is 0 Å². The van der Waals surface area contributed by atoms with E-state index in [1.807, 2.05) is 6.07 Å². The summed E-state index contributed by atoms with van der Waals surface area (Å²) in [7, 11) is 0. The van der Waals surface area contributed by atoms with Gasteiger partial charge in [-0.3, -0.25) is 5.10 Å². The first-order chi connectivity index (χ1) is 5.29. The molecule has 0 aliphatic rings. The second-order valence-corrected chi connectivity index (χ2v) is 2.41. The van der Waals surface area contributed by atoms with Crippen LogP contribution in [0.2, 0.25) is 5.02 Å². The minimum Gasteiger partial charge on any atom is -0.278 e. The summed E-state index contributed by atoms with van der Waals surface area (Å²) in [4.78, 5) is 0. The molecule has 3 heteroatoms. The molecule has 0 aliphatic carbocycles. The van der Waals surface area contributed by atoms with Crippen molar-refractivity contribution in [1.82, 2.24) is 10.2 Å². The number of rotatable bonds is 0. The van der Waals surface area contributed by atoms with Gasteiger partial charge in [0.05, 0.1) is 13.1 Å². The van der Waals surface area contributed by atoms with Gasteiger partial charge in [-0.2, -0.15) is 5.10 Å². The molecule has 50 valence electrons. The van der Waals surface area contributed by atoms with Crippen LogP contribution in [0.4, 0.5) is 0 Å². The lowest BCUT2D eigenvalue weighted by molar-refractivity contribution is 1.12. The molecule has 0 unspecified atom stereocenters. The first-order valence-corrected chi connectivity index (χ1v) is 3.25. The number of benzene rings is 1. The number of fused-ring (bicyclic) bond motifs is 1. The van der Waals surface area contributed by atoms with Gasteiger partial charge in [-0.15, -0.1) is 0 Å². The Bertz CT molecular complexity index is 396. The van der Waals surface area contributed by atoms with E-state index in [4.69, 9.17) is 13.0 Å². The predicted octanol–water partition coefficient (Wildman–Crippen LogP) is 2.22. The molecule has 2 aromatic rings. The highest BCUT2D eigenvalue weighted by molar-refractivity contribution is 6.31. The summed E-state index contributed by atoms with van der Waals surface area (Å²) < 4.78 is 7.51. The number of aromatic nitrogens is 2. The molecule has 0 fully saturated rings. The van der Waals surface area contributed by atoms with Crippen LogP contribution in [0.1, 0.15) is 1.37 Å². The second kappa shape index (κ2) is 1.99. The molecule has 0 atom stereocenters. The molecule has 0 aliphatic heterocycles. The maximum Gasteiger partial charge on any atom is 0.0651 e. The third-order valence-electron chi connectivity index (χ3n) is 1.32. The molecule has 2 rings (SSSR count). The van der Waals surface area contributed by atoms with Crippen molar-refractivity contribution in [2.24, 2.45) is 0 Å². The molecule has 1 aromatic carbocycles. The molecule has 0 saturated carbocycles. The van der Waals surface area contributed by atoms with Crippen molar-refractivity contribution in [1.29, 1.82) is 0 Å². The van der Waals surface area contributed by atoms with Gasteiger partial charge in [-0.05, 0) is 18.2 Å². The highest BCUT2D eigenvalue weighted by Gasteiger charge is 1.93. The fraction of sp³-hybridized carbons (Fsp3) is 0. The van der Waals surface area contributed by atoms with Gasteiger partial charge in [-0.1, -0.05) is 11.6 Å². The van der Waals surface area contributed by atoms with E-state index in [0.29, 0.717) is 11.1 Å². The molecular formula is C7H5ClN2. The topological polar surface area (TPSA) is 28.7 Å². The van der Waals surface area contributed by atoms with Crippen LogP contribution in [0.15, 0.2) is 24.4 Å². The zero-order chi connectivity index (χ0) is 7.84. The van der Waals surface area contributed by atoms with E-state index in [0.717, 1.165) is 10.9 Å². The molecule has 0 bridgehead atoms. The van der Waals surface area contributed by atoms with Crippen molar-refractivity contribution in [2.45, 2.75) is 0 Å². The van der Waals surface area contributed by atoms with Gasteiger partial charge in [0.2, 0.25) is 0 Å². The lowest BCUT2D eigenvalue weighted by Crippen LogP contribution is -1.66. The van der Waals surface area contributed by atoms with Gasteiger partial charge in [-0.25, -0.2) is 0 Å². The van der Waals surface area contributed by atoms with Crippen LogP contribution in [0.3, 0.4) is 0 Å². The zero-order valence-electron chi connectivity index (χ0n) is 6.06. The van der Waals surface area contributed by atoms with Gasteiger partial charge in [0.1, 0.15) is 0 Å². The molecule has 0 radical (unpaired) electrons. The Hall–Kier alpha value is -1.02. The number of nitrogens with one attached hydrogen (secondary N) is 1. The standard InChI is InChI=1S/C7H5ClN2/c8-6-1-2-7-5(3-6)4-9-10-7/h1-4H,(H,9,10)/i3D. The molecule has 1 aromatic heterocycles. The van der Waals surface area contributed by atoms with E-state index in [1.54, 1.807) is 12.3 Å². The summed E-state index contributed by atoms with van der Waals surface area (Å²) in [5.41, 5.74) is 0.847. The summed E-state index contributed by atoms with van der Waals surface area (Å²) in [5.74, 6) is 0. The maximum absolute atomic E-state index is 7.51. The van der Waals surface area contributed by atoms with E-state index in [2.05, 4.69) is 10.2 Å². The van der Waals surface area contributed by atoms with Crippen LogP contribution in [0.5, 0.6) is 0 Å². The molecule has 0 amide bonds. The van der Waals surface area contributed by atoms with Crippen molar-refractivity contribution < 1.29 is 1.37 Å². The molecule has 10 heavy (non-hydrogen) atoms. The number of halogens is 1. The Balaban J connectivity index is 2.93. The van der Waals surface area contributed by atoms with Gasteiger partial charge >= 0.3 is 0 Å². The summed E-state index contributed by atoms with van der Waals surface area (Å²) in [6.45, 7) is 0. The molecule has 0 saturated heterocycles. The maximum atomic E-state index is 7.51. The van der Waals surface area contributed by atoms with E-state index in [9.17, 15) is 0 Å². The van der Waals surface area contributed by atoms with Gasteiger partial charge in [0.15, 0.2) is 0 Å². The number of hydrogen-bond donors (Lipinski definition) is 1. The fourth-order valence-corrected chi connectivity index (χ4v) is 1.01. The Morgan fingerprint density at radius 3 is 3.40 bits per heavy atom. The highest BCUT2D eigenvalue weighted by atomic mass is 35.5. The third-order valence-corrected chi connectivity index (χ3v) is 1.54. The first kappa shape index (κ1) is 4.74. The van der Waals surface area contributed by atoms with Crippen molar-refractivity contribution in [3.8, 4) is 0 Å². The fourth-order valence-electron chi connectivity index (χ4n) is 0.850. The van der Waals surface area contributed by atoms with Crippen molar-refractivity contribution in [2.75, 3.05) is 0 Å². The molecule has 1 N–H and O–H groups in total. The lowest BCUT2D eigenvalue weighted by Gasteiger charge is -1.87. The highest BCUT2D eigenvalue weighted by Crippen LogP contribution is 2.15.